The number of guanidine groups is 1. The fourth-order valence-corrected chi connectivity index (χ4v) is 3.28. The second-order valence-electron chi connectivity index (χ2n) is 9.17. The molecule has 0 aliphatic rings. The number of quaternary nitrogens is 1. The third kappa shape index (κ3) is 18.7. The summed E-state index contributed by atoms with van der Waals surface area (Å²) in [5, 5.41) is 32.1. The van der Waals surface area contributed by atoms with E-state index in [9.17, 15) is 33.6 Å². The number of carboxylic acids is 1. The van der Waals surface area contributed by atoms with Gasteiger partial charge in [0.25, 0.3) is 5.91 Å². The minimum absolute atomic E-state index is 0.0388. The van der Waals surface area contributed by atoms with E-state index in [1.165, 1.54) is 6.92 Å². The average Bonchev–Trinajstić information content (AvgIpc) is 2.93. The standard InChI is InChI=1S/C23H42N10O9/c1-13(35)27-7-3-2-5-15(22(42)31-11-19(38)39)32-18(37)10-30-21(41)16(6-4-8-28-23(25)26)33-17(36)9-29-20(40)14(24)12-34/h14-16,34H,2-12,24H2,1H3,(H,27,35)(H,29,40)(H,30,41)(H,31,42)(H,32,37)(H,33,36)(H,38,39)(H4,25,26,28)/p+2/t14-,15-,16-/m0/s1. The molecule has 0 fully saturated rings. The maximum atomic E-state index is 12.8. The molecule has 0 aromatic carbocycles. The summed E-state index contributed by atoms with van der Waals surface area (Å²) in [6, 6.07) is -3.21. The number of hydrogen-bond acceptors (Lipinski definition) is 8. The molecule has 0 bridgehead atoms. The largest absolute Gasteiger partial charge is 0.480 e. The van der Waals surface area contributed by atoms with Gasteiger partial charge < -0.3 is 47.8 Å². The highest BCUT2D eigenvalue weighted by molar-refractivity contribution is 5.94. The highest BCUT2D eigenvalue weighted by Crippen LogP contribution is 2.02. The van der Waals surface area contributed by atoms with Gasteiger partial charge in [-0.1, -0.05) is 0 Å². The van der Waals surface area contributed by atoms with Gasteiger partial charge in [0.15, 0.2) is 6.04 Å². The summed E-state index contributed by atoms with van der Waals surface area (Å²) < 4.78 is 0. The van der Waals surface area contributed by atoms with E-state index < -0.39 is 79.9 Å². The van der Waals surface area contributed by atoms with Crippen LogP contribution in [-0.4, -0.2) is 115 Å². The number of aliphatic carboxylic acids is 1. The molecule has 0 radical (unpaired) electrons. The molecule has 19 nitrogen and oxygen atoms in total. The van der Waals surface area contributed by atoms with Crippen molar-refractivity contribution in [1.82, 2.24) is 31.9 Å². The number of hydrogen-bond donors (Lipinski definition) is 12. The van der Waals surface area contributed by atoms with Gasteiger partial charge in [-0.05, 0) is 32.1 Å². The highest BCUT2D eigenvalue weighted by atomic mass is 16.4. The minimum atomic E-state index is -1.28. The van der Waals surface area contributed by atoms with Gasteiger partial charge in [-0.25, -0.2) is 0 Å². The van der Waals surface area contributed by atoms with E-state index in [0.717, 1.165) is 0 Å². The van der Waals surface area contributed by atoms with Crippen LogP contribution in [0.4, 0.5) is 0 Å². The average molecular weight is 605 g/mol. The number of unbranched alkanes of at least 4 members (excludes halogenated alkanes) is 1. The second kappa shape index (κ2) is 21.3. The van der Waals surface area contributed by atoms with Crippen LogP contribution in [0.3, 0.4) is 0 Å². The summed E-state index contributed by atoms with van der Waals surface area (Å²) in [4.78, 5) is 86.3. The van der Waals surface area contributed by atoms with E-state index in [2.05, 4.69) is 42.6 Å². The summed E-state index contributed by atoms with van der Waals surface area (Å²) in [5.74, 6) is -5.15. The van der Waals surface area contributed by atoms with Crippen molar-refractivity contribution in [1.29, 1.82) is 0 Å². The molecule has 0 aliphatic carbocycles. The van der Waals surface area contributed by atoms with Crippen molar-refractivity contribution in [2.75, 3.05) is 39.3 Å². The summed E-state index contributed by atoms with van der Waals surface area (Å²) in [6.45, 7) is -0.269. The molecule has 42 heavy (non-hydrogen) atoms. The molecule has 0 saturated heterocycles. The molecule has 16 N–H and O–H groups in total. The molecule has 0 saturated carbocycles. The van der Waals surface area contributed by atoms with Crippen LogP contribution in [0.15, 0.2) is 0 Å². The van der Waals surface area contributed by atoms with Crippen molar-refractivity contribution >= 4 is 47.4 Å². The molecule has 238 valence electrons. The molecule has 0 aliphatic heterocycles. The van der Waals surface area contributed by atoms with E-state index in [4.69, 9.17) is 21.7 Å². The van der Waals surface area contributed by atoms with Crippen molar-refractivity contribution in [2.24, 2.45) is 11.5 Å². The molecule has 0 spiro atoms. The van der Waals surface area contributed by atoms with E-state index in [0.29, 0.717) is 25.8 Å². The second-order valence-corrected chi connectivity index (χ2v) is 9.17. The Kier molecular flexibility index (Phi) is 19.0. The fourth-order valence-electron chi connectivity index (χ4n) is 3.28. The van der Waals surface area contributed by atoms with Crippen molar-refractivity contribution in [3.05, 3.63) is 0 Å². The Morgan fingerprint density at radius 3 is 1.74 bits per heavy atom. The van der Waals surface area contributed by atoms with Crippen LogP contribution in [0.5, 0.6) is 0 Å². The molecule has 19 heteroatoms. The molecular formula is C23H44N10O9+2. The first-order valence-corrected chi connectivity index (χ1v) is 13.2. The Hall–Kier alpha value is -4.52. The first-order valence-electron chi connectivity index (χ1n) is 13.2. The van der Waals surface area contributed by atoms with E-state index in [1.807, 2.05) is 0 Å². The van der Waals surface area contributed by atoms with Crippen LogP contribution in [0.25, 0.3) is 0 Å². The minimum Gasteiger partial charge on any atom is -0.480 e. The van der Waals surface area contributed by atoms with E-state index >= 15 is 0 Å². The van der Waals surface area contributed by atoms with Gasteiger partial charge in [-0.15, -0.1) is 0 Å². The van der Waals surface area contributed by atoms with Crippen LogP contribution in [-0.2, 0) is 33.6 Å². The van der Waals surface area contributed by atoms with Crippen molar-refractivity contribution in [2.45, 2.75) is 57.2 Å². The zero-order valence-corrected chi connectivity index (χ0v) is 23.6. The van der Waals surface area contributed by atoms with Gasteiger partial charge in [0.1, 0.15) is 25.2 Å². The number of carbonyl (C=O) groups excluding carboxylic acids is 6. The molecule has 0 aromatic heterocycles. The summed E-state index contributed by atoms with van der Waals surface area (Å²) in [6.07, 6.45) is 1.46. The van der Waals surface area contributed by atoms with Crippen molar-refractivity contribution in [3.63, 3.8) is 0 Å². The van der Waals surface area contributed by atoms with Crippen molar-refractivity contribution in [3.8, 4) is 0 Å². The molecule has 0 unspecified atom stereocenters. The van der Waals surface area contributed by atoms with E-state index in [-0.39, 0.29) is 31.3 Å². The monoisotopic (exact) mass is 604 g/mol. The number of carboxylic acid groups (broad SMARTS) is 1. The van der Waals surface area contributed by atoms with Gasteiger partial charge in [0.2, 0.25) is 29.5 Å². The number of rotatable bonds is 21. The SMILES string of the molecule is CC(=O)NCCCC[C@H](NC(=O)CNC(=O)[C@H](CCC[NH+]=C(N)N)NC(=O)CNC(=O)[C@@H]([NH3+])CO)C(=O)NCC(=O)O. The number of aliphatic hydroxyl groups is 1. The predicted molar refractivity (Wildman–Crippen MR) is 145 cm³/mol. The molecular weight excluding hydrogens is 560 g/mol. The van der Waals surface area contributed by atoms with Gasteiger partial charge in [0, 0.05) is 13.5 Å². The quantitative estimate of drug-likeness (QED) is 0.0331. The first kappa shape index (κ1) is 37.5. The molecule has 6 amide bonds. The normalized spacial score (nSPS) is 12.5. The van der Waals surface area contributed by atoms with Gasteiger partial charge >= 0.3 is 11.9 Å². The lowest BCUT2D eigenvalue weighted by Gasteiger charge is -2.20. The van der Waals surface area contributed by atoms with Crippen LogP contribution >= 0.6 is 0 Å². The third-order valence-corrected chi connectivity index (χ3v) is 5.45. The highest BCUT2D eigenvalue weighted by Gasteiger charge is 2.24. The zero-order chi connectivity index (χ0) is 32.1. The Morgan fingerprint density at radius 2 is 1.26 bits per heavy atom. The van der Waals surface area contributed by atoms with Gasteiger partial charge in [0.05, 0.1) is 19.6 Å². The zero-order valence-electron chi connectivity index (χ0n) is 23.6. The van der Waals surface area contributed by atoms with Crippen LogP contribution in [0, 0.1) is 0 Å². The number of carbonyl (C=O) groups is 7. The molecule has 0 heterocycles. The lowest BCUT2D eigenvalue weighted by Crippen LogP contribution is -2.78. The Labute approximate surface area is 242 Å². The van der Waals surface area contributed by atoms with Gasteiger partial charge in [-0.3, -0.25) is 50.0 Å². The molecule has 3 atom stereocenters. The number of nitrogens with two attached hydrogens (primary N) is 2. The number of aliphatic hydroxyl groups excluding tert-OH is 1. The number of nitrogens with one attached hydrogen (secondary N) is 7. The van der Waals surface area contributed by atoms with Crippen LogP contribution in [0.2, 0.25) is 0 Å². The Balaban J connectivity index is 5.17. The Morgan fingerprint density at radius 1 is 0.762 bits per heavy atom. The van der Waals surface area contributed by atoms with Crippen LogP contribution in [0.1, 0.15) is 39.0 Å². The third-order valence-electron chi connectivity index (χ3n) is 5.45. The maximum absolute atomic E-state index is 12.8. The summed E-state index contributed by atoms with van der Waals surface area (Å²) in [7, 11) is 0. The number of amides is 6. The Bertz CT molecular complexity index is 972. The maximum Gasteiger partial charge on any atom is 0.338 e. The lowest BCUT2D eigenvalue weighted by atomic mass is 10.1. The molecule has 0 aromatic rings. The van der Waals surface area contributed by atoms with Gasteiger partial charge in [-0.2, -0.15) is 0 Å². The topological polar surface area (TPSA) is 326 Å². The summed E-state index contributed by atoms with van der Waals surface area (Å²) in [5.41, 5.74) is 14.1. The van der Waals surface area contributed by atoms with Crippen molar-refractivity contribution < 1.29 is 54.5 Å². The predicted octanol–water partition coefficient (Wildman–Crippen LogP) is -8.57. The first-order chi connectivity index (χ1) is 19.8. The van der Waals surface area contributed by atoms with Crippen LogP contribution < -0.4 is 54.1 Å². The lowest BCUT2D eigenvalue weighted by molar-refractivity contribution is -0.459. The fraction of sp³-hybridized carbons (Fsp3) is 0.652. The smallest absolute Gasteiger partial charge is 0.338 e. The summed E-state index contributed by atoms with van der Waals surface area (Å²) >= 11 is 0. The van der Waals surface area contributed by atoms with E-state index in [1.54, 1.807) is 0 Å². The molecule has 0 rings (SSSR count).